The molecule has 0 atom stereocenters. The van der Waals surface area contributed by atoms with Crippen molar-refractivity contribution in [2.24, 2.45) is 5.10 Å². The summed E-state index contributed by atoms with van der Waals surface area (Å²) in [7, 11) is 0. The van der Waals surface area contributed by atoms with Gasteiger partial charge in [0.25, 0.3) is 5.56 Å². The van der Waals surface area contributed by atoms with Gasteiger partial charge in [0, 0.05) is 4.47 Å². The van der Waals surface area contributed by atoms with Crippen LogP contribution in [-0.4, -0.2) is 15.8 Å². The number of rotatable bonds is 4. The molecule has 0 bridgehead atoms. The molecule has 0 aliphatic rings. The smallest absolute Gasteiger partial charge is 0.267 e. The molecule has 1 aromatic heterocycles. The lowest BCUT2D eigenvalue weighted by Crippen LogP contribution is -2.22. The van der Waals surface area contributed by atoms with E-state index in [-0.39, 0.29) is 5.56 Å². The maximum absolute atomic E-state index is 13.0. The van der Waals surface area contributed by atoms with Crippen molar-refractivity contribution in [3.8, 4) is 5.69 Å². The summed E-state index contributed by atoms with van der Waals surface area (Å²) in [5, 5.41) is 4.82. The molecule has 1 N–H and O–H groups in total. The summed E-state index contributed by atoms with van der Waals surface area (Å²) in [5.41, 5.74) is 5.05. The summed E-state index contributed by atoms with van der Waals surface area (Å²) >= 11 is 3.41. The van der Waals surface area contributed by atoms with Crippen LogP contribution in [0.4, 0.5) is 5.95 Å². The molecule has 0 amide bonds. The predicted molar refractivity (Wildman–Crippen MR) is 113 cm³/mol. The zero-order valence-corrected chi connectivity index (χ0v) is 15.8. The van der Waals surface area contributed by atoms with Gasteiger partial charge in [0.15, 0.2) is 0 Å². The Morgan fingerprint density at radius 1 is 0.926 bits per heavy atom. The van der Waals surface area contributed by atoms with Crippen LogP contribution in [0.5, 0.6) is 0 Å². The Morgan fingerprint density at radius 3 is 2.41 bits per heavy atom. The number of para-hydroxylation sites is 2. The van der Waals surface area contributed by atoms with E-state index >= 15 is 0 Å². The van der Waals surface area contributed by atoms with E-state index in [1.165, 1.54) is 4.57 Å². The second kappa shape index (κ2) is 7.55. The highest BCUT2D eigenvalue weighted by molar-refractivity contribution is 9.10. The number of anilines is 1. The van der Waals surface area contributed by atoms with Crippen LogP contribution in [0, 0.1) is 0 Å². The summed E-state index contributed by atoms with van der Waals surface area (Å²) in [6, 6.07) is 24.4. The van der Waals surface area contributed by atoms with Crippen molar-refractivity contribution in [3.05, 3.63) is 99.3 Å². The summed E-state index contributed by atoms with van der Waals surface area (Å²) in [4.78, 5) is 17.6. The van der Waals surface area contributed by atoms with Gasteiger partial charge in [-0.15, -0.1) is 0 Å². The Morgan fingerprint density at radius 2 is 1.63 bits per heavy atom. The molecular formula is C21H15BrN4O. The van der Waals surface area contributed by atoms with E-state index in [1.807, 2.05) is 72.8 Å². The number of hydrogen-bond donors (Lipinski definition) is 1. The third-order valence-electron chi connectivity index (χ3n) is 4.04. The minimum absolute atomic E-state index is 0.145. The van der Waals surface area contributed by atoms with Crippen LogP contribution in [0.2, 0.25) is 0 Å². The molecule has 0 saturated heterocycles. The molecule has 0 saturated carbocycles. The number of hydrogen-bond acceptors (Lipinski definition) is 4. The highest BCUT2D eigenvalue weighted by Crippen LogP contribution is 2.16. The molecule has 132 valence electrons. The number of hydrazone groups is 1. The Kier molecular flexibility index (Phi) is 4.80. The number of halogens is 1. The van der Waals surface area contributed by atoms with Crippen LogP contribution in [0.15, 0.2) is 93.2 Å². The van der Waals surface area contributed by atoms with Gasteiger partial charge in [-0.25, -0.2) is 15.0 Å². The maximum Gasteiger partial charge on any atom is 0.267 e. The molecule has 1 heterocycles. The molecule has 4 aromatic rings. The van der Waals surface area contributed by atoms with Crippen LogP contribution in [0.1, 0.15) is 5.56 Å². The van der Waals surface area contributed by atoms with E-state index in [0.29, 0.717) is 16.9 Å². The molecular weight excluding hydrogens is 404 g/mol. The van der Waals surface area contributed by atoms with Crippen molar-refractivity contribution >= 4 is 39.0 Å². The van der Waals surface area contributed by atoms with Crippen LogP contribution in [0.25, 0.3) is 16.6 Å². The molecule has 0 aliphatic heterocycles. The summed E-state index contributed by atoms with van der Waals surface area (Å²) in [6.07, 6.45) is 1.68. The minimum Gasteiger partial charge on any atom is -0.268 e. The Labute approximate surface area is 164 Å². The Bertz CT molecular complexity index is 1170. The van der Waals surface area contributed by atoms with Gasteiger partial charge < -0.3 is 0 Å². The maximum atomic E-state index is 13.0. The van der Waals surface area contributed by atoms with Crippen molar-refractivity contribution in [2.45, 2.75) is 0 Å². The molecule has 0 aliphatic carbocycles. The van der Waals surface area contributed by atoms with Gasteiger partial charge in [-0.1, -0.05) is 58.4 Å². The van der Waals surface area contributed by atoms with Crippen LogP contribution in [0.3, 0.4) is 0 Å². The van der Waals surface area contributed by atoms with Crippen molar-refractivity contribution in [1.29, 1.82) is 0 Å². The molecule has 0 radical (unpaired) electrons. The first kappa shape index (κ1) is 17.2. The number of nitrogens with zero attached hydrogens (tertiary/aromatic N) is 3. The van der Waals surface area contributed by atoms with Gasteiger partial charge in [-0.3, -0.25) is 4.79 Å². The van der Waals surface area contributed by atoms with Crippen molar-refractivity contribution in [2.75, 3.05) is 5.43 Å². The minimum atomic E-state index is -0.145. The van der Waals surface area contributed by atoms with Crippen LogP contribution < -0.4 is 11.0 Å². The van der Waals surface area contributed by atoms with Crippen LogP contribution >= 0.6 is 15.9 Å². The average Bonchev–Trinajstić information content (AvgIpc) is 2.70. The zero-order valence-electron chi connectivity index (χ0n) is 14.2. The summed E-state index contributed by atoms with van der Waals surface area (Å²) in [6.45, 7) is 0. The van der Waals surface area contributed by atoms with E-state index in [9.17, 15) is 4.79 Å². The van der Waals surface area contributed by atoms with Crippen molar-refractivity contribution < 1.29 is 0 Å². The molecule has 4 rings (SSSR count). The molecule has 0 fully saturated rings. The standard InChI is InChI=1S/C21H15BrN4O/c22-16-12-10-15(11-13-16)14-23-25-21-24-19-9-5-4-8-18(19)20(27)26(21)17-6-2-1-3-7-17/h1-14H,(H,24,25)/b23-14-. The average molecular weight is 419 g/mol. The van der Waals surface area contributed by atoms with Crippen molar-refractivity contribution in [3.63, 3.8) is 0 Å². The number of aromatic nitrogens is 2. The summed E-state index contributed by atoms with van der Waals surface area (Å²) in [5.74, 6) is 0.360. The zero-order chi connectivity index (χ0) is 18.6. The van der Waals surface area contributed by atoms with Gasteiger partial charge in [0.2, 0.25) is 5.95 Å². The van der Waals surface area contributed by atoms with Crippen molar-refractivity contribution in [1.82, 2.24) is 9.55 Å². The first-order valence-corrected chi connectivity index (χ1v) is 9.13. The van der Waals surface area contributed by atoms with Gasteiger partial charge in [-0.2, -0.15) is 5.10 Å². The molecule has 3 aromatic carbocycles. The predicted octanol–water partition coefficient (Wildman–Crippen LogP) is 4.59. The lowest BCUT2D eigenvalue weighted by atomic mass is 10.2. The highest BCUT2D eigenvalue weighted by Gasteiger charge is 2.11. The van der Waals surface area contributed by atoms with Crippen LogP contribution in [-0.2, 0) is 0 Å². The van der Waals surface area contributed by atoms with E-state index in [4.69, 9.17) is 0 Å². The molecule has 5 nitrogen and oxygen atoms in total. The lowest BCUT2D eigenvalue weighted by molar-refractivity contribution is 0.956. The Balaban J connectivity index is 1.78. The van der Waals surface area contributed by atoms with Gasteiger partial charge in [0.1, 0.15) is 0 Å². The largest absolute Gasteiger partial charge is 0.268 e. The first-order chi connectivity index (χ1) is 13.2. The normalized spacial score (nSPS) is 11.1. The Hall–Kier alpha value is -3.25. The molecule has 27 heavy (non-hydrogen) atoms. The van der Waals surface area contributed by atoms with Gasteiger partial charge in [0.05, 0.1) is 22.8 Å². The third kappa shape index (κ3) is 3.66. The van der Waals surface area contributed by atoms with E-state index in [1.54, 1.807) is 12.3 Å². The quantitative estimate of drug-likeness (QED) is 0.389. The van der Waals surface area contributed by atoms with E-state index in [2.05, 4.69) is 31.4 Å². The number of fused-ring (bicyclic) bond motifs is 1. The first-order valence-electron chi connectivity index (χ1n) is 8.34. The lowest BCUT2D eigenvalue weighted by Gasteiger charge is -2.12. The number of nitrogens with one attached hydrogen (secondary N) is 1. The SMILES string of the molecule is O=c1c2ccccc2nc(N/N=C\c2ccc(Br)cc2)n1-c1ccccc1. The fraction of sp³-hybridized carbons (Fsp3) is 0. The number of benzene rings is 3. The fourth-order valence-electron chi connectivity index (χ4n) is 2.74. The third-order valence-corrected chi connectivity index (χ3v) is 4.57. The second-order valence-electron chi connectivity index (χ2n) is 5.85. The van der Waals surface area contributed by atoms with Gasteiger partial charge >= 0.3 is 0 Å². The molecule has 6 heteroatoms. The topological polar surface area (TPSA) is 59.3 Å². The van der Waals surface area contributed by atoms with Gasteiger partial charge in [-0.05, 0) is 42.0 Å². The van der Waals surface area contributed by atoms with E-state index < -0.39 is 0 Å². The highest BCUT2D eigenvalue weighted by atomic mass is 79.9. The molecule has 0 spiro atoms. The molecule has 0 unspecified atom stereocenters. The monoisotopic (exact) mass is 418 g/mol. The second-order valence-corrected chi connectivity index (χ2v) is 6.77. The summed E-state index contributed by atoms with van der Waals surface area (Å²) < 4.78 is 2.53. The van der Waals surface area contributed by atoms with E-state index in [0.717, 1.165) is 15.7 Å². The fourth-order valence-corrected chi connectivity index (χ4v) is 3.00.